The molecule has 1 amide bonds. The summed E-state index contributed by atoms with van der Waals surface area (Å²) in [6.07, 6.45) is 1.42. The number of carbonyl (C=O) groups is 1. The van der Waals surface area contributed by atoms with Crippen LogP contribution in [0.15, 0.2) is 101 Å². The van der Waals surface area contributed by atoms with Crippen LogP contribution < -0.4 is 23.9 Å². The molecule has 0 aliphatic heterocycles. The average molecular weight is 643 g/mol. The van der Waals surface area contributed by atoms with Crippen LogP contribution in [0.5, 0.6) is 17.2 Å². The maximum Gasteiger partial charge on any atom is 0.264 e. The lowest BCUT2D eigenvalue weighted by atomic mass is 10.2. The van der Waals surface area contributed by atoms with Crippen molar-refractivity contribution in [1.29, 1.82) is 0 Å². The van der Waals surface area contributed by atoms with Crippen molar-refractivity contribution in [3.8, 4) is 17.2 Å². The Morgan fingerprint density at radius 2 is 1.58 bits per heavy atom. The molecule has 0 bridgehead atoms. The Bertz CT molecular complexity index is 1680. The second-order valence-corrected chi connectivity index (χ2v) is 11.7. The van der Waals surface area contributed by atoms with Gasteiger partial charge >= 0.3 is 0 Å². The summed E-state index contributed by atoms with van der Waals surface area (Å²) < 4.78 is 45.2. The van der Waals surface area contributed by atoms with E-state index < -0.39 is 22.5 Å². The van der Waals surface area contributed by atoms with E-state index in [2.05, 4.69) is 10.5 Å². The lowest BCUT2D eigenvalue weighted by Gasteiger charge is -2.25. The van der Waals surface area contributed by atoms with E-state index in [1.807, 2.05) is 19.1 Å². The largest absolute Gasteiger partial charge is 0.495 e. The number of anilines is 1. The summed E-state index contributed by atoms with van der Waals surface area (Å²) >= 11 is 12.1. The van der Waals surface area contributed by atoms with Gasteiger partial charge in [-0.25, -0.2) is 13.8 Å². The normalized spacial score (nSPS) is 11.3. The second-order valence-electron chi connectivity index (χ2n) is 8.99. The summed E-state index contributed by atoms with van der Waals surface area (Å²) in [5.74, 6) is 0.572. The maximum atomic E-state index is 13.6. The monoisotopic (exact) mass is 641 g/mol. The molecule has 43 heavy (non-hydrogen) atoms. The number of hydrogen-bond donors (Lipinski definition) is 1. The van der Waals surface area contributed by atoms with Crippen molar-refractivity contribution in [2.45, 2.75) is 18.4 Å². The van der Waals surface area contributed by atoms with Gasteiger partial charge in [0.25, 0.3) is 15.9 Å². The molecular weight excluding hydrogens is 613 g/mol. The van der Waals surface area contributed by atoms with E-state index in [4.69, 9.17) is 37.4 Å². The van der Waals surface area contributed by atoms with Crippen molar-refractivity contribution < 1.29 is 27.4 Å². The third-order valence-electron chi connectivity index (χ3n) is 6.01. The Balaban J connectivity index is 1.50. The minimum atomic E-state index is -4.18. The van der Waals surface area contributed by atoms with E-state index >= 15 is 0 Å². The van der Waals surface area contributed by atoms with Gasteiger partial charge < -0.3 is 14.2 Å². The van der Waals surface area contributed by atoms with Gasteiger partial charge in [0.15, 0.2) is 11.5 Å². The van der Waals surface area contributed by atoms with E-state index in [-0.39, 0.29) is 21.4 Å². The summed E-state index contributed by atoms with van der Waals surface area (Å²) in [4.78, 5) is 13.0. The molecule has 0 saturated carbocycles. The predicted octanol–water partition coefficient (Wildman–Crippen LogP) is 6.33. The number of hydrazone groups is 1. The van der Waals surface area contributed by atoms with Crippen LogP contribution in [0.2, 0.25) is 10.0 Å². The minimum Gasteiger partial charge on any atom is -0.495 e. The molecule has 0 spiro atoms. The molecule has 0 unspecified atom stereocenters. The Hall–Kier alpha value is -4.25. The molecule has 4 aromatic rings. The van der Waals surface area contributed by atoms with E-state index in [1.54, 1.807) is 54.6 Å². The summed E-state index contributed by atoms with van der Waals surface area (Å²) in [6.45, 7) is 1.99. The van der Waals surface area contributed by atoms with Crippen LogP contribution in [-0.4, -0.2) is 40.8 Å². The highest BCUT2D eigenvalue weighted by Gasteiger charge is 2.29. The molecule has 4 rings (SSSR count). The predicted molar refractivity (Wildman–Crippen MR) is 168 cm³/mol. The molecule has 1 N–H and O–H groups in total. The highest BCUT2D eigenvalue weighted by molar-refractivity contribution is 7.92. The molecular formula is C31H29Cl2N3O6S. The number of rotatable bonds is 13. The van der Waals surface area contributed by atoms with Gasteiger partial charge in [0.05, 0.1) is 30.5 Å². The molecule has 0 aromatic heterocycles. The van der Waals surface area contributed by atoms with E-state index in [9.17, 15) is 13.2 Å². The fourth-order valence-electron chi connectivity index (χ4n) is 3.96. The average Bonchev–Trinajstić information content (AvgIpc) is 3.01. The van der Waals surface area contributed by atoms with E-state index in [1.165, 1.54) is 37.6 Å². The fourth-order valence-corrected chi connectivity index (χ4v) is 5.69. The first-order valence-corrected chi connectivity index (χ1v) is 15.3. The van der Waals surface area contributed by atoms with E-state index in [0.717, 1.165) is 9.87 Å². The summed E-state index contributed by atoms with van der Waals surface area (Å²) in [7, 11) is -2.78. The molecule has 0 atom stereocenters. The second kappa shape index (κ2) is 14.8. The fraction of sp³-hybridized carbons (Fsp3) is 0.161. The van der Waals surface area contributed by atoms with Gasteiger partial charge in [0.2, 0.25) is 0 Å². The first kappa shape index (κ1) is 31.7. The lowest BCUT2D eigenvalue weighted by Crippen LogP contribution is -2.39. The van der Waals surface area contributed by atoms with Crippen molar-refractivity contribution in [3.05, 3.63) is 112 Å². The van der Waals surface area contributed by atoms with Crippen molar-refractivity contribution >= 4 is 51.0 Å². The third kappa shape index (κ3) is 8.41. The van der Waals surface area contributed by atoms with Crippen molar-refractivity contribution in [2.75, 3.05) is 24.6 Å². The third-order valence-corrected chi connectivity index (χ3v) is 8.27. The van der Waals surface area contributed by atoms with Crippen molar-refractivity contribution in [2.24, 2.45) is 5.10 Å². The van der Waals surface area contributed by atoms with Crippen LogP contribution in [-0.2, 0) is 21.4 Å². The number of carbonyl (C=O) groups excluding carboxylic acids is 1. The minimum absolute atomic E-state index is 0.00449. The molecule has 0 heterocycles. The number of ether oxygens (including phenoxy) is 3. The number of methoxy groups -OCH3 is 1. The molecule has 0 saturated heterocycles. The zero-order chi connectivity index (χ0) is 30.8. The van der Waals surface area contributed by atoms with Crippen LogP contribution in [0.4, 0.5) is 5.69 Å². The number of sulfonamides is 1. The van der Waals surface area contributed by atoms with Crippen molar-refractivity contribution in [1.82, 2.24) is 5.43 Å². The quantitative estimate of drug-likeness (QED) is 0.135. The zero-order valence-corrected chi connectivity index (χ0v) is 25.7. The van der Waals surface area contributed by atoms with Gasteiger partial charge in [0.1, 0.15) is 18.9 Å². The summed E-state index contributed by atoms with van der Waals surface area (Å²) in [6, 6.07) is 24.8. The van der Waals surface area contributed by atoms with Crippen LogP contribution in [0, 0.1) is 0 Å². The first-order chi connectivity index (χ1) is 20.7. The molecule has 0 aliphatic carbocycles. The summed E-state index contributed by atoms with van der Waals surface area (Å²) in [5.41, 5.74) is 4.06. The number of nitrogens with zero attached hydrogens (tertiary/aromatic N) is 2. The Labute approximate surface area is 260 Å². The number of hydrogen-bond acceptors (Lipinski definition) is 7. The Morgan fingerprint density at radius 3 is 2.28 bits per heavy atom. The molecule has 0 fully saturated rings. The van der Waals surface area contributed by atoms with Gasteiger partial charge in [-0.15, -0.1) is 0 Å². The number of halogens is 2. The van der Waals surface area contributed by atoms with Crippen LogP contribution in [0.3, 0.4) is 0 Å². The molecule has 12 heteroatoms. The number of nitrogens with one attached hydrogen (secondary N) is 1. The van der Waals surface area contributed by atoms with Gasteiger partial charge in [-0.2, -0.15) is 5.10 Å². The molecule has 9 nitrogen and oxygen atoms in total. The van der Waals surface area contributed by atoms with Gasteiger partial charge in [0, 0.05) is 10.0 Å². The highest BCUT2D eigenvalue weighted by atomic mass is 35.5. The van der Waals surface area contributed by atoms with Gasteiger partial charge in [-0.05, 0) is 78.7 Å². The van der Waals surface area contributed by atoms with Gasteiger partial charge in [-0.3, -0.25) is 9.10 Å². The lowest BCUT2D eigenvalue weighted by molar-refractivity contribution is -0.119. The number of amides is 1. The van der Waals surface area contributed by atoms with Crippen LogP contribution >= 0.6 is 23.2 Å². The molecule has 0 aliphatic rings. The standard InChI is InChI=1S/C31H29Cl2N3O6S/c1-3-41-30-17-23(11-15-29(30)42-21-22-9-12-24(32)13-10-22)19-34-35-31(37)20-36(27-18-25(33)14-16-28(27)40-2)43(38,39)26-7-5-4-6-8-26/h4-19H,3,20-21H2,1-2H3,(H,35,37)/b34-19-. The van der Waals surface area contributed by atoms with Crippen LogP contribution in [0.25, 0.3) is 0 Å². The van der Waals surface area contributed by atoms with Gasteiger partial charge in [-0.1, -0.05) is 53.5 Å². The molecule has 4 aromatic carbocycles. The summed E-state index contributed by atoms with van der Waals surface area (Å²) in [5, 5.41) is 4.94. The van der Waals surface area contributed by atoms with Crippen LogP contribution in [0.1, 0.15) is 18.1 Å². The van der Waals surface area contributed by atoms with Crippen molar-refractivity contribution in [3.63, 3.8) is 0 Å². The Kier molecular flexibility index (Phi) is 10.9. The maximum absolute atomic E-state index is 13.6. The zero-order valence-electron chi connectivity index (χ0n) is 23.4. The highest BCUT2D eigenvalue weighted by Crippen LogP contribution is 2.35. The topological polar surface area (TPSA) is 107 Å². The SMILES string of the molecule is CCOc1cc(/C=N\NC(=O)CN(c2cc(Cl)ccc2OC)S(=O)(=O)c2ccccc2)ccc1OCc1ccc(Cl)cc1. The number of benzene rings is 4. The van der Waals surface area contributed by atoms with E-state index in [0.29, 0.717) is 35.3 Å². The first-order valence-electron chi connectivity index (χ1n) is 13.1. The Morgan fingerprint density at radius 1 is 0.884 bits per heavy atom. The molecule has 224 valence electrons. The smallest absolute Gasteiger partial charge is 0.264 e. The molecule has 0 radical (unpaired) electrons.